The van der Waals surface area contributed by atoms with Crippen LogP contribution in [0.3, 0.4) is 0 Å². The van der Waals surface area contributed by atoms with Crippen molar-refractivity contribution in [1.82, 2.24) is 4.72 Å². The van der Waals surface area contributed by atoms with Gasteiger partial charge >= 0.3 is 0 Å². The molecule has 3 aromatic carbocycles. The Labute approximate surface area is 169 Å². The van der Waals surface area contributed by atoms with E-state index < -0.39 is 16.1 Å². The molecule has 28 heavy (non-hydrogen) atoms. The van der Waals surface area contributed by atoms with Crippen LogP contribution in [-0.2, 0) is 10.0 Å². The minimum Gasteiger partial charge on any atom is -0.377 e. The number of benzene rings is 3. The molecule has 146 valence electrons. The van der Waals surface area contributed by atoms with Crippen molar-refractivity contribution in [3.05, 3.63) is 94.8 Å². The summed E-state index contributed by atoms with van der Waals surface area (Å²) in [4.78, 5) is 0.182. The van der Waals surface area contributed by atoms with Crippen LogP contribution < -0.4 is 10.0 Å². The molecule has 0 aliphatic carbocycles. The molecule has 0 aliphatic rings. The molecule has 2 N–H and O–H groups in total. The highest BCUT2D eigenvalue weighted by Gasteiger charge is 2.20. The van der Waals surface area contributed by atoms with Crippen LogP contribution in [0.25, 0.3) is 0 Å². The van der Waals surface area contributed by atoms with Crippen molar-refractivity contribution in [2.45, 2.75) is 17.9 Å². The molecule has 0 aromatic heterocycles. The second-order valence-electron chi connectivity index (χ2n) is 6.39. The van der Waals surface area contributed by atoms with Gasteiger partial charge in [0.2, 0.25) is 10.0 Å². The van der Waals surface area contributed by atoms with E-state index in [2.05, 4.69) is 10.0 Å². The van der Waals surface area contributed by atoms with Crippen molar-refractivity contribution in [2.75, 3.05) is 11.9 Å². The van der Waals surface area contributed by atoms with Crippen LogP contribution in [0.1, 0.15) is 17.2 Å². The van der Waals surface area contributed by atoms with Gasteiger partial charge in [0.1, 0.15) is 5.82 Å². The fourth-order valence-electron chi connectivity index (χ4n) is 2.77. The van der Waals surface area contributed by atoms with Gasteiger partial charge in [0.25, 0.3) is 0 Å². The summed E-state index contributed by atoms with van der Waals surface area (Å²) in [5.74, 6) is -0.386. The summed E-state index contributed by atoms with van der Waals surface area (Å²) < 4.78 is 41.4. The Balaban J connectivity index is 1.85. The summed E-state index contributed by atoms with van der Waals surface area (Å²) in [6, 6.07) is 19.2. The van der Waals surface area contributed by atoms with E-state index in [-0.39, 0.29) is 17.3 Å². The Morgan fingerprint density at radius 1 is 1.00 bits per heavy atom. The number of anilines is 1. The number of rotatable bonds is 7. The first kappa shape index (κ1) is 20.3. The van der Waals surface area contributed by atoms with E-state index in [0.717, 1.165) is 5.56 Å². The zero-order valence-electron chi connectivity index (χ0n) is 15.2. The van der Waals surface area contributed by atoms with Crippen LogP contribution in [0.5, 0.6) is 0 Å². The first-order valence-electron chi connectivity index (χ1n) is 8.68. The second-order valence-corrected chi connectivity index (χ2v) is 8.57. The summed E-state index contributed by atoms with van der Waals surface area (Å²) >= 11 is 6.31. The summed E-state index contributed by atoms with van der Waals surface area (Å²) in [5, 5.41) is 3.65. The SMILES string of the molecule is Cc1ccc(S(=O)(=O)NC[C@H](Nc2cccc(F)c2)c2ccccc2Cl)cc1. The van der Waals surface area contributed by atoms with Gasteiger partial charge in [-0.15, -0.1) is 0 Å². The fraction of sp³-hybridized carbons (Fsp3) is 0.143. The van der Waals surface area contributed by atoms with Gasteiger partial charge in [0, 0.05) is 17.3 Å². The fourth-order valence-corrected chi connectivity index (χ4v) is 4.08. The average molecular weight is 419 g/mol. The largest absolute Gasteiger partial charge is 0.377 e. The van der Waals surface area contributed by atoms with Gasteiger partial charge in [-0.3, -0.25) is 0 Å². The predicted molar refractivity (Wildman–Crippen MR) is 111 cm³/mol. The average Bonchev–Trinajstić information content (AvgIpc) is 2.66. The van der Waals surface area contributed by atoms with Crippen LogP contribution in [-0.4, -0.2) is 15.0 Å². The van der Waals surface area contributed by atoms with Gasteiger partial charge in [-0.1, -0.05) is 53.6 Å². The third-order valence-electron chi connectivity index (χ3n) is 4.25. The molecule has 0 amide bonds. The normalized spacial score (nSPS) is 12.5. The van der Waals surface area contributed by atoms with Gasteiger partial charge < -0.3 is 5.32 Å². The molecule has 3 rings (SSSR count). The predicted octanol–water partition coefficient (Wildman–Crippen LogP) is 4.92. The van der Waals surface area contributed by atoms with E-state index >= 15 is 0 Å². The molecule has 7 heteroatoms. The molecule has 0 spiro atoms. The molecule has 0 heterocycles. The molecule has 0 bridgehead atoms. The Morgan fingerprint density at radius 3 is 2.39 bits per heavy atom. The van der Waals surface area contributed by atoms with E-state index in [9.17, 15) is 12.8 Å². The van der Waals surface area contributed by atoms with E-state index in [0.29, 0.717) is 16.3 Å². The van der Waals surface area contributed by atoms with E-state index in [1.165, 1.54) is 12.1 Å². The lowest BCUT2D eigenvalue weighted by molar-refractivity contribution is 0.576. The van der Waals surface area contributed by atoms with Crippen molar-refractivity contribution < 1.29 is 12.8 Å². The molecule has 0 fully saturated rings. The maximum atomic E-state index is 13.6. The number of nitrogens with one attached hydrogen (secondary N) is 2. The number of sulfonamides is 1. The quantitative estimate of drug-likeness (QED) is 0.572. The lowest BCUT2D eigenvalue weighted by Gasteiger charge is -2.22. The van der Waals surface area contributed by atoms with Crippen LogP contribution in [0.15, 0.2) is 77.7 Å². The summed E-state index contributed by atoms with van der Waals surface area (Å²) in [6.45, 7) is 1.93. The maximum Gasteiger partial charge on any atom is 0.240 e. The van der Waals surface area contributed by atoms with E-state index in [1.54, 1.807) is 54.6 Å². The van der Waals surface area contributed by atoms with Gasteiger partial charge in [-0.2, -0.15) is 0 Å². The lowest BCUT2D eigenvalue weighted by Crippen LogP contribution is -2.31. The van der Waals surface area contributed by atoms with Crippen LogP contribution in [0.2, 0.25) is 5.02 Å². The third-order valence-corrected chi connectivity index (χ3v) is 6.04. The first-order valence-corrected chi connectivity index (χ1v) is 10.5. The lowest BCUT2D eigenvalue weighted by atomic mass is 10.1. The van der Waals surface area contributed by atoms with E-state index in [1.807, 2.05) is 13.0 Å². The van der Waals surface area contributed by atoms with Crippen molar-refractivity contribution in [1.29, 1.82) is 0 Å². The van der Waals surface area contributed by atoms with Gasteiger partial charge in [-0.25, -0.2) is 17.5 Å². The minimum atomic E-state index is -3.70. The standard InChI is InChI=1S/C21H20ClFN2O2S/c1-15-9-11-18(12-10-15)28(26,27)24-14-21(19-7-2-3-8-20(19)22)25-17-6-4-5-16(23)13-17/h2-13,21,24-25H,14H2,1H3/t21-/m0/s1. The number of hydrogen-bond donors (Lipinski definition) is 2. The first-order chi connectivity index (χ1) is 13.3. The van der Waals surface area contributed by atoms with Crippen LogP contribution >= 0.6 is 11.6 Å². The molecule has 4 nitrogen and oxygen atoms in total. The highest BCUT2D eigenvalue weighted by atomic mass is 35.5. The Morgan fingerprint density at radius 2 is 1.71 bits per heavy atom. The molecule has 0 saturated heterocycles. The van der Waals surface area contributed by atoms with Crippen molar-refractivity contribution in [2.24, 2.45) is 0 Å². The van der Waals surface area contributed by atoms with Crippen LogP contribution in [0.4, 0.5) is 10.1 Å². The topological polar surface area (TPSA) is 58.2 Å². The van der Waals surface area contributed by atoms with Crippen molar-refractivity contribution in [3.8, 4) is 0 Å². The van der Waals surface area contributed by atoms with Gasteiger partial charge in [0.05, 0.1) is 10.9 Å². The summed E-state index contributed by atoms with van der Waals surface area (Å²) in [7, 11) is -3.70. The highest BCUT2D eigenvalue weighted by Crippen LogP contribution is 2.26. The molecule has 0 saturated carbocycles. The molecule has 0 unspecified atom stereocenters. The van der Waals surface area contributed by atoms with Crippen molar-refractivity contribution >= 4 is 27.3 Å². The number of hydrogen-bond acceptors (Lipinski definition) is 3. The molecular formula is C21H20ClFN2O2S. The van der Waals surface area contributed by atoms with Crippen LogP contribution in [0, 0.1) is 12.7 Å². The van der Waals surface area contributed by atoms with Gasteiger partial charge in [0.15, 0.2) is 0 Å². The Hall–Kier alpha value is -2.41. The Kier molecular flexibility index (Phi) is 6.34. The van der Waals surface area contributed by atoms with Gasteiger partial charge in [-0.05, 0) is 48.9 Å². The minimum absolute atomic E-state index is 0.0382. The number of halogens is 2. The maximum absolute atomic E-state index is 13.6. The molecule has 0 aliphatic heterocycles. The van der Waals surface area contributed by atoms with Crippen molar-refractivity contribution in [3.63, 3.8) is 0 Å². The zero-order chi connectivity index (χ0) is 20.1. The molecule has 1 atom stereocenters. The third kappa shape index (κ3) is 5.10. The number of aryl methyl sites for hydroxylation is 1. The molecule has 0 radical (unpaired) electrons. The summed E-state index contributed by atoms with van der Waals surface area (Å²) in [5.41, 5.74) is 2.21. The molecular weight excluding hydrogens is 399 g/mol. The summed E-state index contributed by atoms with van der Waals surface area (Å²) in [6.07, 6.45) is 0. The molecule has 3 aromatic rings. The second kappa shape index (κ2) is 8.73. The highest BCUT2D eigenvalue weighted by molar-refractivity contribution is 7.89. The smallest absolute Gasteiger partial charge is 0.240 e. The Bertz CT molecular complexity index is 1060. The van der Waals surface area contributed by atoms with E-state index in [4.69, 9.17) is 11.6 Å². The monoisotopic (exact) mass is 418 g/mol. The zero-order valence-corrected chi connectivity index (χ0v) is 16.8.